The molecular weight excluding hydrogens is 250 g/mol. The van der Waals surface area contributed by atoms with Crippen molar-refractivity contribution in [1.29, 1.82) is 0 Å². The summed E-state index contributed by atoms with van der Waals surface area (Å²) in [5.41, 5.74) is 0. The summed E-state index contributed by atoms with van der Waals surface area (Å²) in [7, 11) is 0. The molecule has 1 aliphatic heterocycles. The van der Waals surface area contributed by atoms with E-state index in [1.165, 1.54) is 12.8 Å². The molecular formula is C13H18ClN3O. The van der Waals surface area contributed by atoms with Crippen LogP contribution in [0.15, 0.2) is 6.07 Å². The minimum absolute atomic E-state index is 0.229. The van der Waals surface area contributed by atoms with Crippen LogP contribution in [0.2, 0.25) is 5.15 Å². The van der Waals surface area contributed by atoms with E-state index in [2.05, 4.69) is 28.7 Å². The lowest BCUT2D eigenvalue weighted by Gasteiger charge is -2.36. The van der Waals surface area contributed by atoms with E-state index in [-0.39, 0.29) is 12.2 Å². The first-order chi connectivity index (χ1) is 8.61. The maximum absolute atomic E-state index is 6.10. The molecule has 1 aromatic rings. The van der Waals surface area contributed by atoms with Crippen LogP contribution in [0.25, 0.3) is 0 Å². The fourth-order valence-corrected chi connectivity index (χ4v) is 2.66. The molecule has 18 heavy (non-hydrogen) atoms. The zero-order chi connectivity index (χ0) is 12.7. The molecule has 0 spiro atoms. The normalized spacial score (nSPS) is 28.5. The third kappa shape index (κ3) is 2.59. The quantitative estimate of drug-likeness (QED) is 0.772. The number of halogens is 1. The van der Waals surface area contributed by atoms with Gasteiger partial charge < -0.3 is 9.64 Å². The van der Waals surface area contributed by atoms with Gasteiger partial charge in [0, 0.05) is 25.1 Å². The van der Waals surface area contributed by atoms with Crippen molar-refractivity contribution in [1.82, 2.24) is 9.97 Å². The van der Waals surface area contributed by atoms with E-state index in [4.69, 9.17) is 16.3 Å². The third-order valence-corrected chi connectivity index (χ3v) is 3.58. The fraction of sp³-hybridized carbons (Fsp3) is 0.692. The fourth-order valence-electron chi connectivity index (χ4n) is 2.47. The Bertz CT molecular complexity index is 440. The topological polar surface area (TPSA) is 38.2 Å². The van der Waals surface area contributed by atoms with Crippen molar-refractivity contribution in [3.8, 4) is 0 Å². The van der Waals surface area contributed by atoms with Gasteiger partial charge in [-0.1, -0.05) is 11.6 Å². The number of nitrogens with zero attached hydrogens (tertiary/aromatic N) is 3. The molecule has 1 saturated heterocycles. The summed E-state index contributed by atoms with van der Waals surface area (Å²) in [6.45, 7) is 5.91. The lowest BCUT2D eigenvalue weighted by molar-refractivity contribution is -0.00547. The van der Waals surface area contributed by atoms with Crippen LogP contribution in [0, 0.1) is 0 Å². The zero-order valence-corrected chi connectivity index (χ0v) is 11.5. The second-order valence-corrected chi connectivity index (χ2v) is 5.73. The van der Waals surface area contributed by atoms with Crippen molar-refractivity contribution in [3.63, 3.8) is 0 Å². The maximum Gasteiger partial charge on any atom is 0.135 e. The van der Waals surface area contributed by atoms with Crippen molar-refractivity contribution < 1.29 is 4.74 Å². The Kier molecular flexibility index (Phi) is 3.16. The summed E-state index contributed by atoms with van der Waals surface area (Å²) in [6, 6.07) is 1.86. The van der Waals surface area contributed by atoms with Crippen LogP contribution >= 0.6 is 11.6 Å². The average molecular weight is 268 g/mol. The summed E-state index contributed by atoms with van der Waals surface area (Å²) in [5.74, 6) is 2.38. The Balaban J connectivity index is 1.86. The summed E-state index contributed by atoms with van der Waals surface area (Å²) >= 11 is 6.10. The number of rotatable bonds is 2. The van der Waals surface area contributed by atoms with E-state index in [0.29, 0.717) is 11.1 Å². The Morgan fingerprint density at radius 2 is 1.89 bits per heavy atom. The van der Waals surface area contributed by atoms with Crippen LogP contribution in [-0.2, 0) is 4.74 Å². The maximum atomic E-state index is 6.10. The number of morpholine rings is 1. The van der Waals surface area contributed by atoms with Gasteiger partial charge >= 0.3 is 0 Å². The van der Waals surface area contributed by atoms with Gasteiger partial charge in [0.25, 0.3) is 0 Å². The first kappa shape index (κ1) is 12.2. The SMILES string of the molecule is C[C@@H]1CN(c2cc(Cl)nc(C3CC3)n2)C[C@H](C)O1. The van der Waals surface area contributed by atoms with Gasteiger partial charge in [0.15, 0.2) is 0 Å². The van der Waals surface area contributed by atoms with E-state index in [0.717, 1.165) is 24.7 Å². The van der Waals surface area contributed by atoms with Gasteiger partial charge in [-0.05, 0) is 26.7 Å². The van der Waals surface area contributed by atoms with Crippen molar-refractivity contribution in [2.24, 2.45) is 0 Å². The van der Waals surface area contributed by atoms with Crippen LogP contribution in [-0.4, -0.2) is 35.3 Å². The smallest absolute Gasteiger partial charge is 0.135 e. The molecule has 1 aliphatic carbocycles. The van der Waals surface area contributed by atoms with Gasteiger partial charge in [-0.2, -0.15) is 0 Å². The van der Waals surface area contributed by atoms with Crippen molar-refractivity contribution in [3.05, 3.63) is 17.0 Å². The predicted octanol–water partition coefficient (Wildman–Crippen LogP) is 2.62. The van der Waals surface area contributed by atoms with Crippen LogP contribution in [0.4, 0.5) is 5.82 Å². The average Bonchev–Trinajstić information content (AvgIpc) is 3.10. The molecule has 0 unspecified atom stereocenters. The molecule has 98 valence electrons. The van der Waals surface area contributed by atoms with Crippen LogP contribution in [0.5, 0.6) is 0 Å². The van der Waals surface area contributed by atoms with Crippen molar-refractivity contribution in [2.75, 3.05) is 18.0 Å². The molecule has 2 fully saturated rings. The van der Waals surface area contributed by atoms with Gasteiger partial charge in [-0.3, -0.25) is 0 Å². The summed E-state index contributed by atoms with van der Waals surface area (Å²) in [6.07, 6.45) is 2.84. The van der Waals surface area contributed by atoms with Crippen molar-refractivity contribution in [2.45, 2.75) is 44.8 Å². The molecule has 0 aromatic carbocycles. The number of anilines is 1. The zero-order valence-electron chi connectivity index (χ0n) is 10.8. The Morgan fingerprint density at radius 3 is 2.50 bits per heavy atom. The highest BCUT2D eigenvalue weighted by Crippen LogP contribution is 2.39. The van der Waals surface area contributed by atoms with E-state index in [1.807, 2.05) is 6.07 Å². The van der Waals surface area contributed by atoms with Gasteiger partial charge in [-0.15, -0.1) is 0 Å². The van der Waals surface area contributed by atoms with Crippen LogP contribution in [0.3, 0.4) is 0 Å². The monoisotopic (exact) mass is 267 g/mol. The first-order valence-electron chi connectivity index (χ1n) is 6.56. The lowest BCUT2D eigenvalue weighted by Crippen LogP contribution is -2.46. The molecule has 2 heterocycles. The highest BCUT2D eigenvalue weighted by molar-refractivity contribution is 6.29. The highest BCUT2D eigenvalue weighted by atomic mass is 35.5. The molecule has 3 rings (SSSR count). The Labute approximate surface area is 112 Å². The molecule has 0 bridgehead atoms. The Morgan fingerprint density at radius 1 is 1.22 bits per heavy atom. The molecule has 4 nitrogen and oxygen atoms in total. The molecule has 1 aromatic heterocycles. The minimum atomic E-state index is 0.229. The lowest BCUT2D eigenvalue weighted by atomic mass is 10.2. The van der Waals surface area contributed by atoms with E-state index < -0.39 is 0 Å². The molecule has 1 saturated carbocycles. The Hall–Kier alpha value is -0.870. The number of aromatic nitrogens is 2. The summed E-state index contributed by atoms with van der Waals surface area (Å²) in [4.78, 5) is 11.2. The molecule has 0 radical (unpaired) electrons. The first-order valence-corrected chi connectivity index (χ1v) is 6.94. The molecule has 2 atom stereocenters. The van der Waals surface area contributed by atoms with Gasteiger partial charge in [0.05, 0.1) is 12.2 Å². The number of hydrogen-bond donors (Lipinski definition) is 0. The standard InChI is InChI=1S/C13H18ClN3O/c1-8-6-17(7-9(2)18-8)12-5-11(14)15-13(16-12)10-3-4-10/h5,8-10H,3-4,6-7H2,1-2H3/t8-,9+. The van der Waals surface area contributed by atoms with Crippen molar-refractivity contribution >= 4 is 17.4 Å². The van der Waals surface area contributed by atoms with Crippen LogP contribution in [0.1, 0.15) is 38.4 Å². The number of hydrogen-bond acceptors (Lipinski definition) is 4. The van der Waals surface area contributed by atoms with E-state index in [1.54, 1.807) is 0 Å². The number of ether oxygens (including phenoxy) is 1. The molecule has 0 amide bonds. The third-order valence-electron chi connectivity index (χ3n) is 3.38. The largest absolute Gasteiger partial charge is 0.372 e. The molecule has 0 N–H and O–H groups in total. The highest BCUT2D eigenvalue weighted by Gasteiger charge is 2.29. The minimum Gasteiger partial charge on any atom is -0.372 e. The predicted molar refractivity (Wildman–Crippen MR) is 71.2 cm³/mol. The second kappa shape index (κ2) is 4.67. The summed E-state index contributed by atoms with van der Waals surface area (Å²) in [5, 5.41) is 0.550. The molecule has 5 heteroatoms. The van der Waals surface area contributed by atoms with E-state index >= 15 is 0 Å². The van der Waals surface area contributed by atoms with Gasteiger partial charge in [0.2, 0.25) is 0 Å². The molecule has 2 aliphatic rings. The van der Waals surface area contributed by atoms with Gasteiger partial charge in [0.1, 0.15) is 16.8 Å². The van der Waals surface area contributed by atoms with Crippen LogP contribution < -0.4 is 4.90 Å². The second-order valence-electron chi connectivity index (χ2n) is 5.34. The van der Waals surface area contributed by atoms with E-state index in [9.17, 15) is 0 Å². The van der Waals surface area contributed by atoms with Gasteiger partial charge in [-0.25, -0.2) is 9.97 Å². The summed E-state index contributed by atoms with van der Waals surface area (Å²) < 4.78 is 5.74.